The van der Waals surface area contributed by atoms with Crippen LogP contribution in [-0.2, 0) is 9.22 Å². The Hall–Kier alpha value is -0.153. The summed E-state index contributed by atoms with van der Waals surface area (Å²) in [5, 5.41) is 0. The molecule has 78 valence electrons. The Morgan fingerprint density at radius 2 is 1.69 bits per heavy atom. The van der Waals surface area contributed by atoms with Crippen molar-refractivity contribution >= 4 is 15.3 Å². The van der Waals surface area contributed by atoms with Gasteiger partial charge in [-0.1, -0.05) is 20.8 Å². The fourth-order valence-corrected chi connectivity index (χ4v) is 2.92. The molecule has 0 aromatic rings. The second-order valence-electron chi connectivity index (χ2n) is 5.33. The summed E-state index contributed by atoms with van der Waals surface area (Å²) in [5.74, 6) is 0. The number of hydrogen-bond acceptors (Lipinski definition) is 2. The van der Waals surface area contributed by atoms with Crippen LogP contribution in [-0.4, -0.2) is 20.9 Å². The van der Waals surface area contributed by atoms with Crippen LogP contribution in [0, 0.1) is 5.41 Å². The molecule has 0 saturated heterocycles. The summed E-state index contributed by atoms with van der Waals surface area (Å²) in [7, 11) is -1.13. The lowest BCUT2D eigenvalue weighted by Crippen LogP contribution is -2.38. The quantitative estimate of drug-likeness (QED) is 0.517. The van der Waals surface area contributed by atoms with Gasteiger partial charge in [0.2, 0.25) is 0 Å². The van der Waals surface area contributed by atoms with Crippen molar-refractivity contribution in [2.24, 2.45) is 5.41 Å². The van der Waals surface area contributed by atoms with Gasteiger partial charge in [-0.05, 0) is 31.9 Å². The fraction of sp³-hybridized carbons (Fsp3) is 0.900. The molecule has 0 bridgehead atoms. The van der Waals surface area contributed by atoms with Crippen LogP contribution in [0.5, 0.6) is 0 Å². The van der Waals surface area contributed by atoms with Gasteiger partial charge in [0.05, 0.1) is 0 Å². The standard InChI is InChI=1S/C10H22O2Si/c1-9(2,3)7-10(4,8-11)12-13(5)6/h8,13H,7H2,1-6H3/t10-/m0/s1. The van der Waals surface area contributed by atoms with Crippen molar-refractivity contribution in [3.8, 4) is 0 Å². The summed E-state index contributed by atoms with van der Waals surface area (Å²) in [4.78, 5) is 10.9. The predicted octanol–water partition coefficient (Wildman–Crippen LogP) is 2.38. The summed E-state index contributed by atoms with van der Waals surface area (Å²) in [6, 6.07) is 0. The molecule has 0 aliphatic rings. The first kappa shape index (κ1) is 12.8. The summed E-state index contributed by atoms with van der Waals surface area (Å²) in [6.07, 6.45) is 1.74. The van der Waals surface area contributed by atoms with Crippen LogP contribution in [0.15, 0.2) is 0 Å². The summed E-state index contributed by atoms with van der Waals surface area (Å²) in [5.41, 5.74) is -0.433. The van der Waals surface area contributed by atoms with Crippen LogP contribution in [0.25, 0.3) is 0 Å². The molecule has 0 rings (SSSR count). The second-order valence-corrected chi connectivity index (χ2v) is 7.67. The molecule has 0 aromatic carbocycles. The van der Waals surface area contributed by atoms with Gasteiger partial charge >= 0.3 is 0 Å². The van der Waals surface area contributed by atoms with Gasteiger partial charge in [0.15, 0.2) is 9.04 Å². The highest BCUT2D eigenvalue weighted by Gasteiger charge is 2.31. The molecule has 2 nitrogen and oxygen atoms in total. The number of rotatable bonds is 4. The monoisotopic (exact) mass is 202 g/mol. The van der Waals surface area contributed by atoms with Crippen molar-refractivity contribution in [2.45, 2.75) is 52.8 Å². The van der Waals surface area contributed by atoms with E-state index in [1.807, 2.05) is 6.92 Å². The van der Waals surface area contributed by atoms with Crippen LogP contribution in [0.2, 0.25) is 13.1 Å². The maximum atomic E-state index is 10.9. The zero-order valence-corrected chi connectivity index (χ0v) is 10.8. The lowest BCUT2D eigenvalue weighted by atomic mass is 9.83. The Balaban J connectivity index is 4.37. The predicted molar refractivity (Wildman–Crippen MR) is 58.5 cm³/mol. The van der Waals surface area contributed by atoms with Crippen molar-refractivity contribution in [2.75, 3.05) is 0 Å². The molecular formula is C10H22O2Si. The molecule has 3 heteroatoms. The van der Waals surface area contributed by atoms with Gasteiger partial charge in [0.25, 0.3) is 0 Å². The normalized spacial score (nSPS) is 17.2. The van der Waals surface area contributed by atoms with E-state index >= 15 is 0 Å². The average molecular weight is 202 g/mol. The topological polar surface area (TPSA) is 26.3 Å². The smallest absolute Gasteiger partial charge is 0.172 e. The van der Waals surface area contributed by atoms with Crippen molar-refractivity contribution in [1.29, 1.82) is 0 Å². The SMILES string of the molecule is C[SiH](C)O[C@](C)(C=O)CC(C)(C)C. The number of hydrogen-bond donors (Lipinski definition) is 0. The Morgan fingerprint density at radius 1 is 1.23 bits per heavy atom. The molecule has 13 heavy (non-hydrogen) atoms. The van der Waals surface area contributed by atoms with Crippen molar-refractivity contribution in [1.82, 2.24) is 0 Å². The molecule has 0 spiro atoms. The molecule has 0 aliphatic heterocycles. The van der Waals surface area contributed by atoms with Crippen molar-refractivity contribution < 1.29 is 9.22 Å². The zero-order valence-electron chi connectivity index (χ0n) is 9.68. The van der Waals surface area contributed by atoms with Crippen molar-refractivity contribution in [3.63, 3.8) is 0 Å². The van der Waals surface area contributed by atoms with E-state index in [1.165, 1.54) is 0 Å². The minimum absolute atomic E-state index is 0.138. The highest BCUT2D eigenvalue weighted by atomic mass is 28.3. The summed E-state index contributed by atoms with van der Waals surface area (Å²) >= 11 is 0. The minimum Gasteiger partial charge on any atom is -0.409 e. The third kappa shape index (κ3) is 5.99. The van der Waals surface area contributed by atoms with E-state index in [-0.39, 0.29) is 5.41 Å². The van der Waals surface area contributed by atoms with Crippen LogP contribution >= 0.6 is 0 Å². The van der Waals surface area contributed by atoms with Gasteiger partial charge < -0.3 is 9.22 Å². The van der Waals surface area contributed by atoms with Gasteiger partial charge in [-0.25, -0.2) is 0 Å². The number of carbonyl (C=O) groups is 1. The van der Waals surface area contributed by atoms with E-state index in [2.05, 4.69) is 33.9 Å². The molecule has 0 aliphatic carbocycles. The number of aldehydes is 1. The fourth-order valence-electron chi connectivity index (χ4n) is 1.70. The van der Waals surface area contributed by atoms with Crippen molar-refractivity contribution in [3.05, 3.63) is 0 Å². The van der Waals surface area contributed by atoms with Crippen LogP contribution in [0.1, 0.15) is 34.1 Å². The highest BCUT2D eigenvalue weighted by molar-refractivity contribution is 6.48. The third-order valence-corrected chi connectivity index (χ3v) is 2.65. The van der Waals surface area contributed by atoms with Crippen LogP contribution < -0.4 is 0 Å². The van der Waals surface area contributed by atoms with Gasteiger partial charge in [-0.3, -0.25) is 0 Å². The Morgan fingerprint density at radius 3 is 1.92 bits per heavy atom. The molecule has 0 N–H and O–H groups in total. The largest absolute Gasteiger partial charge is 0.409 e. The van der Waals surface area contributed by atoms with E-state index in [1.54, 1.807) is 0 Å². The van der Waals surface area contributed by atoms with E-state index in [4.69, 9.17) is 4.43 Å². The maximum Gasteiger partial charge on any atom is 0.172 e. The zero-order chi connectivity index (χ0) is 10.7. The van der Waals surface area contributed by atoms with E-state index in [9.17, 15) is 4.79 Å². The first-order chi connectivity index (χ1) is 5.68. The minimum atomic E-state index is -1.13. The second kappa shape index (κ2) is 4.38. The molecule has 0 fully saturated rings. The molecule has 0 heterocycles. The molecule has 0 amide bonds. The van der Waals surface area contributed by atoms with Gasteiger partial charge in [-0.15, -0.1) is 0 Å². The van der Waals surface area contributed by atoms with Gasteiger partial charge in [0, 0.05) is 0 Å². The Labute approximate surface area is 83.4 Å². The third-order valence-electron chi connectivity index (χ3n) is 1.64. The summed E-state index contributed by atoms with van der Waals surface area (Å²) < 4.78 is 5.73. The molecule has 0 saturated carbocycles. The summed E-state index contributed by atoms with van der Waals surface area (Å²) in [6.45, 7) is 12.4. The molecule has 1 atom stereocenters. The molecule has 0 radical (unpaired) electrons. The first-order valence-corrected chi connectivity index (χ1v) is 7.61. The lowest BCUT2D eigenvalue weighted by molar-refractivity contribution is -0.122. The molecular weight excluding hydrogens is 180 g/mol. The van der Waals surface area contributed by atoms with Crippen LogP contribution in [0.4, 0.5) is 0 Å². The highest BCUT2D eigenvalue weighted by Crippen LogP contribution is 2.28. The average Bonchev–Trinajstić information content (AvgIpc) is 1.81. The maximum absolute atomic E-state index is 10.9. The lowest BCUT2D eigenvalue weighted by Gasteiger charge is -2.32. The van der Waals surface area contributed by atoms with E-state index in [0.29, 0.717) is 0 Å². The van der Waals surface area contributed by atoms with E-state index < -0.39 is 14.6 Å². The molecule has 0 unspecified atom stereocenters. The number of carbonyl (C=O) groups excluding carboxylic acids is 1. The Kier molecular flexibility index (Phi) is 4.32. The van der Waals surface area contributed by atoms with Gasteiger partial charge in [0.1, 0.15) is 11.9 Å². The van der Waals surface area contributed by atoms with Crippen LogP contribution in [0.3, 0.4) is 0 Å². The van der Waals surface area contributed by atoms with E-state index in [0.717, 1.165) is 12.7 Å². The van der Waals surface area contributed by atoms with Gasteiger partial charge in [-0.2, -0.15) is 0 Å². The first-order valence-electron chi connectivity index (χ1n) is 4.83. The molecule has 0 aromatic heterocycles. The Bertz CT molecular complexity index is 172.